The topological polar surface area (TPSA) is 107 Å². The van der Waals surface area contributed by atoms with Crippen LogP contribution in [0.4, 0.5) is 0 Å². The molecule has 0 amide bonds. The molecule has 7 nitrogen and oxygen atoms in total. The molecule has 0 spiro atoms. The van der Waals surface area contributed by atoms with Crippen molar-refractivity contribution in [1.29, 1.82) is 0 Å². The molecule has 2 heterocycles. The Morgan fingerprint density at radius 3 is 2.60 bits per heavy atom. The van der Waals surface area contributed by atoms with Crippen molar-refractivity contribution in [3.8, 4) is 0 Å². The van der Waals surface area contributed by atoms with Gasteiger partial charge in [-0.05, 0) is 6.92 Å². The van der Waals surface area contributed by atoms with E-state index in [4.69, 9.17) is 14.6 Å². The lowest BCUT2D eigenvalue weighted by molar-refractivity contribution is -0.0465. The average molecular weight is 233 g/mol. The van der Waals surface area contributed by atoms with E-state index < -0.39 is 16.3 Å². The summed E-state index contributed by atoms with van der Waals surface area (Å²) >= 11 is 0. The Morgan fingerprint density at radius 2 is 2.07 bits per heavy atom. The number of aromatic amines is 1. The zero-order valence-corrected chi connectivity index (χ0v) is 8.87. The van der Waals surface area contributed by atoms with Crippen LogP contribution in [0.2, 0.25) is 0 Å². The maximum atomic E-state index is 11.2. The molecule has 1 aliphatic rings. The number of sulfonamides is 1. The minimum absolute atomic E-state index is 0.216. The monoisotopic (exact) mass is 233 g/mol. The molecular formula is C7H11N3O4S. The summed E-state index contributed by atoms with van der Waals surface area (Å²) in [5.41, 5.74) is 0.931. The van der Waals surface area contributed by atoms with Crippen molar-refractivity contribution in [2.24, 2.45) is 5.14 Å². The van der Waals surface area contributed by atoms with Crippen LogP contribution in [0.3, 0.4) is 0 Å². The Bertz CT molecular complexity index is 461. The summed E-state index contributed by atoms with van der Waals surface area (Å²) in [6, 6.07) is 0. The average Bonchev–Trinajstić information content (AvgIpc) is 2.69. The van der Waals surface area contributed by atoms with E-state index in [-0.39, 0.29) is 5.03 Å². The van der Waals surface area contributed by atoms with Gasteiger partial charge in [0.1, 0.15) is 0 Å². The Labute approximate surface area is 86.6 Å². The second-order valence-corrected chi connectivity index (χ2v) is 4.66. The molecule has 0 bridgehead atoms. The van der Waals surface area contributed by atoms with Crippen LogP contribution in [-0.2, 0) is 19.5 Å². The number of nitrogens with two attached hydrogens (primary N) is 1. The molecule has 0 aliphatic carbocycles. The number of primary sulfonamides is 1. The summed E-state index contributed by atoms with van der Waals surface area (Å²) in [4.78, 5) is 0. The SMILES string of the molecule is Cc1[nH]nc(S(N)(=O)=O)c1C1OCCO1. The molecule has 3 N–H and O–H groups in total. The van der Waals surface area contributed by atoms with Gasteiger partial charge < -0.3 is 9.47 Å². The molecule has 15 heavy (non-hydrogen) atoms. The van der Waals surface area contributed by atoms with E-state index in [0.29, 0.717) is 24.5 Å². The Morgan fingerprint density at radius 1 is 1.47 bits per heavy atom. The molecule has 0 atom stereocenters. The van der Waals surface area contributed by atoms with E-state index >= 15 is 0 Å². The zero-order valence-electron chi connectivity index (χ0n) is 8.06. The van der Waals surface area contributed by atoms with Crippen molar-refractivity contribution in [1.82, 2.24) is 10.2 Å². The first-order valence-corrected chi connectivity index (χ1v) is 5.85. The van der Waals surface area contributed by atoms with E-state index in [0.717, 1.165) is 0 Å². The molecule has 1 fully saturated rings. The highest BCUT2D eigenvalue weighted by molar-refractivity contribution is 7.89. The highest BCUT2D eigenvalue weighted by Gasteiger charge is 2.30. The lowest BCUT2D eigenvalue weighted by Gasteiger charge is -2.09. The van der Waals surface area contributed by atoms with Gasteiger partial charge in [-0.15, -0.1) is 0 Å². The summed E-state index contributed by atoms with van der Waals surface area (Å²) in [5.74, 6) is 0. The van der Waals surface area contributed by atoms with Gasteiger partial charge in [-0.1, -0.05) is 0 Å². The van der Waals surface area contributed by atoms with Crippen molar-refractivity contribution < 1.29 is 17.9 Å². The fourth-order valence-electron chi connectivity index (χ4n) is 1.44. The van der Waals surface area contributed by atoms with E-state index in [9.17, 15) is 8.42 Å². The molecular weight excluding hydrogens is 222 g/mol. The van der Waals surface area contributed by atoms with E-state index in [1.807, 2.05) is 0 Å². The standard InChI is InChI=1S/C7H11N3O4S/c1-4-5(7-13-2-3-14-7)6(10-9-4)15(8,11)12/h7H,2-3H2,1H3,(H,9,10)(H2,8,11,12). The van der Waals surface area contributed by atoms with Crippen LogP contribution in [0.5, 0.6) is 0 Å². The van der Waals surface area contributed by atoms with E-state index in [1.165, 1.54) is 0 Å². The maximum absolute atomic E-state index is 11.2. The fraction of sp³-hybridized carbons (Fsp3) is 0.571. The lowest BCUT2D eigenvalue weighted by atomic mass is 10.2. The van der Waals surface area contributed by atoms with Crippen LogP contribution in [0.25, 0.3) is 0 Å². The fourth-order valence-corrected chi connectivity index (χ4v) is 2.16. The van der Waals surface area contributed by atoms with Gasteiger partial charge in [0.25, 0.3) is 10.0 Å². The second-order valence-electron chi connectivity index (χ2n) is 3.19. The van der Waals surface area contributed by atoms with Crippen molar-refractivity contribution in [2.45, 2.75) is 18.2 Å². The molecule has 1 aromatic rings. The number of nitrogens with one attached hydrogen (secondary N) is 1. The molecule has 8 heteroatoms. The molecule has 0 saturated carbocycles. The quantitative estimate of drug-likeness (QED) is 0.710. The summed E-state index contributed by atoms with van der Waals surface area (Å²) in [6.07, 6.45) is -0.697. The smallest absolute Gasteiger partial charge is 0.257 e. The number of H-pyrrole nitrogens is 1. The molecule has 0 unspecified atom stereocenters. The van der Waals surface area contributed by atoms with Crippen molar-refractivity contribution >= 4 is 10.0 Å². The predicted octanol–water partition coefficient (Wildman–Crippen LogP) is -0.589. The van der Waals surface area contributed by atoms with E-state index in [2.05, 4.69) is 10.2 Å². The normalized spacial score (nSPS) is 18.5. The molecule has 1 saturated heterocycles. The minimum Gasteiger partial charge on any atom is -0.346 e. The van der Waals surface area contributed by atoms with Gasteiger partial charge in [0, 0.05) is 5.69 Å². The number of rotatable bonds is 2. The summed E-state index contributed by atoms with van der Waals surface area (Å²) < 4.78 is 32.8. The number of aryl methyl sites for hydroxylation is 1. The summed E-state index contributed by atoms with van der Waals surface area (Å²) in [6.45, 7) is 2.54. The Balaban J connectivity index is 2.49. The molecule has 2 rings (SSSR count). The number of ether oxygens (including phenoxy) is 2. The van der Waals surface area contributed by atoms with Gasteiger partial charge >= 0.3 is 0 Å². The van der Waals surface area contributed by atoms with Crippen molar-refractivity contribution in [3.63, 3.8) is 0 Å². The maximum Gasteiger partial charge on any atom is 0.257 e. The van der Waals surface area contributed by atoms with Crippen LogP contribution in [0.1, 0.15) is 17.5 Å². The molecule has 1 aromatic heterocycles. The van der Waals surface area contributed by atoms with Gasteiger partial charge in [0.2, 0.25) is 0 Å². The second kappa shape index (κ2) is 3.56. The van der Waals surface area contributed by atoms with Crippen LogP contribution in [0, 0.1) is 6.92 Å². The number of aromatic nitrogens is 2. The lowest BCUT2D eigenvalue weighted by Crippen LogP contribution is -2.16. The van der Waals surface area contributed by atoms with E-state index in [1.54, 1.807) is 6.92 Å². The highest BCUT2D eigenvalue weighted by atomic mass is 32.2. The zero-order chi connectivity index (χ0) is 11.1. The third-order valence-electron chi connectivity index (χ3n) is 2.09. The van der Waals surface area contributed by atoms with Crippen molar-refractivity contribution in [3.05, 3.63) is 11.3 Å². The van der Waals surface area contributed by atoms with Crippen LogP contribution < -0.4 is 5.14 Å². The predicted molar refractivity (Wildman–Crippen MR) is 49.3 cm³/mol. The number of hydrogen-bond donors (Lipinski definition) is 2. The summed E-state index contributed by atoms with van der Waals surface area (Å²) in [5, 5.41) is 11.0. The third-order valence-corrected chi connectivity index (χ3v) is 2.94. The molecule has 1 aliphatic heterocycles. The molecule has 0 radical (unpaired) electrons. The first kappa shape index (κ1) is 10.6. The van der Waals surface area contributed by atoms with Crippen LogP contribution in [0.15, 0.2) is 5.03 Å². The van der Waals surface area contributed by atoms with Gasteiger partial charge in [0.15, 0.2) is 11.3 Å². The number of hydrogen-bond acceptors (Lipinski definition) is 5. The molecule has 0 aromatic carbocycles. The van der Waals surface area contributed by atoms with Gasteiger partial charge in [-0.25, -0.2) is 13.6 Å². The van der Waals surface area contributed by atoms with Crippen LogP contribution in [-0.4, -0.2) is 31.8 Å². The first-order valence-electron chi connectivity index (χ1n) is 4.31. The molecule has 84 valence electrons. The van der Waals surface area contributed by atoms with Crippen molar-refractivity contribution in [2.75, 3.05) is 13.2 Å². The minimum atomic E-state index is -3.85. The Hall–Kier alpha value is -0.960. The third kappa shape index (κ3) is 1.88. The summed E-state index contributed by atoms with van der Waals surface area (Å²) in [7, 11) is -3.85. The van der Waals surface area contributed by atoms with Gasteiger partial charge in [-0.2, -0.15) is 5.10 Å². The first-order chi connectivity index (χ1) is 7.00. The van der Waals surface area contributed by atoms with Crippen LogP contribution >= 0.6 is 0 Å². The number of nitrogens with zero attached hydrogens (tertiary/aromatic N) is 1. The van der Waals surface area contributed by atoms with Gasteiger partial charge in [-0.3, -0.25) is 5.10 Å². The Kier molecular flexibility index (Phi) is 2.51. The largest absolute Gasteiger partial charge is 0.346 e. The highest BCUT2D eigenvalue weighted by Crippen LogP contribution is 2.29. The van der Waals surface area contributed by atoms with Gasteiger partial charge in [0.05, 0.1) is 18.8 Å².